The molecule has 346 valence electrons. The number of benzene rings is 10. The molecule has 6 heteroatoms. The smallest absolute Gasteiger partial charge is 0.160 e. The fourth-order valence-electron chi connectivity index (χ4n) is 10.5. The van der Waals surface area contributed by atoms with E-state index in [2.05, 4.69) is 240 Å². The maximum absolute atomic E-state index is 5.14. The van der Waals surface area contributed by atoms with E-state index in [-0.39, 0.29) is 0 Å². The summed E-state index contributed by atoms with van der Waals surface area (Å²) < 4.78 is 4.68. The lowest BCUT2D eigenvalue weighted by Gasteiger charge is -2.12. The molecule has 14 rings (SSSR count). The molecule has 4 aromatic heterocycles. The Hall–Kier alpha value is -10.0. The van der Waals surface area contributed by atoms with Gasteiger partial charge in [-0.15, -0.1) is 0 Å². The predicted octanol–water partition coefficient (Wildman–Crippen LogP) is 17.1. The quantitative estimate of drug-likeness (QED) is 0.145. The first-order chi connectivity index (χ1) is 36.7. The van der Waals surface area contributed by atoms with Gasteiger partial charge in [-0.3, -0.25) is 0 Å². The zero-order chi connectivity index (χ0) is 49.0. The molecule has 10 aromatic carbocycles. The second-order valence-corrected chi connectivity index (χ2v) is 18.6. The summed E-state index contributed by atoms with van der Waals surface area (Å²) in [5, 5.41) is 4.97. The van der Waals surface area contributed by atoms with E-state index >= 15 is 0 Å². The minimum absolute atomic E-state index is 0.684. The van der Waals surface area contributed by atoms with Crippen LogP contribution in [0.5, 0.6) is 0 Å². The number of para-hydroxylation sites is 4. The zero-order valence-corrected chi connectivity index (χ0v) is 40.1. The summed E-state index contributed by atoms with van der Waals surface area (Å²) in [4.78, 5) is 20.6. The Morgan fingerprint density at radius 1 is 0.203 bits per heavy atom. The van der Waals surface area contributed by atoms with Gasteiger partial charge in [0.1, 0.15) is 0 Å². The molecule has 0 atom stereocenters. The third-order valence-corrected chi connectivity index (χ3v) is 14.2. The van der Waals surface area contributed by atoms with Gasteiger partial charge in [-0.05, 0) is 71.8 Å². The molecule has 0 aliphatic rings. The molecule has 0 radical (unpaired) electrons. The van der Waals surface area contributed by atoms with E-state index < -0.39 is 0 Å². The fraction of sp³-hybridized carbons (Fsp3) is 0. The molecule has 0 aliphatic heterocycles. The first-order valence-electron chi connectivity index (χ1n) is 25.0. The van der Waals surface area contributed by atoms with Crippen LogP contribution in [0.25, 0.3) is 134 Å². The molecular weight excluding hydrogens is 901 g/mol. The van der Waals surface area contributed by atoms with Crippen molar-refractivity contribution < 1.29 is 0 Å². The lowest BCUT2D eigenvalue weighted by Crippen LogP contribution is -1.97. The third kappa shape index (κ3) is 7.61. The normalized spacial score (nSPS) is 11.5. The van der Waals surface area contributed by atoms with Gasteiger partial charge in [0.05, 0.1) is 44.8 Å². The highest BCUT2D eigenvalue weighted by Crippen LogP contribution is 2.37. The van der Waals surface area contributed by atoms with Crippen LogP contribution in [-0.2, 0) is 0 Å². The molecule has 0 amide bonds. The monoisotopic (exact) mass is 944 g/mol. The van der Waals surface area contributed by atoms with Gasteiger partial charge in [0.25, 0.3) is 0 Å². The Bertz CT molecular complexity index is 3980. The number of hydrogen-bond acceptors (Lipinski definition) is 4. The summed E-state index contributed by atoms with van der Waals surface area (Å²) in [6.07, 6.45) is 0. The van der Waals surface area contributed by atoms with Crippen LogP contribution in [0.2, 0.25) is 0 Å². The summed E-state index contributed by atoms with van der Waals surface area (Å²) in [6.45, 7) is 0. The Morgan fingerprint density at radius 3 is 0.743 bits per heavy atom. The van der Waals surface area contributed by atoms with Crippen molar-refractivity contribution in [3.8, 4) is 90.3 Å². The molecule has 0 N–H and O–H groups in total. The molecule has 0 fully saturated rings. The van der Waals surface area contributed by atoms with Crippen molar-refractivity contribution in [1.82, 2.24) is 29.1 Å². The van der Waals surface area contributed by atoms with Crippen molar-refractivity contribution in [2.45, 2.75) is 0 Å². The first kappa shape index (κ1) is 42.8. The van der Waals surface area contributed by atoms with Crippen LogP contribution in [0, 0.1) is 0 Å². The number of hydrogen-bond donors (Lipinski definition) is 0. The predicted molar refractivity (Wildman–Crippen MR) is 304 cm³/mol. The number of nitrogens with zero attached hydrogens (tertiary/aromatic N) is 6. The molecule has 0 bridgehead atoms. The van der Waals surface area contributed by atoms with Gasteiger partial charge < -0.3 is 9.13 Å². The SMILES string of the molecule is c1ccc(-c2nc(-c3ccc(-c4ccc(-c5cc(-c6ccc(-n7c8ccccc8c8ccccc87)cc6)nc(-c6ccccc6)n5)cc4)cc3)cc(-c3ccc(-n4c5ccccc5c5ccccc54)cc3)n2)cc1. The van der Waals surface area contributed by atoms with Crippen LogP contribution in [0.3, 0.4) is 0 Å². The molecule has 14 aromatic rings. The van der Waals surface area contributed by atoms with Gasteiger partial charge in [0, 0.05) is 66.3 Å². The molecule has 74 heavy (non-hydrogen) atoms. The average Bonchev–Trinajstić information content (AvgIpc) is 4.01. The molecule has 0 spiro atoms. The number of aromatic nitrogens is 6. The maximum atomic E-state index is 5.14. The fourth-order valence-corrected chi connectivity index (χ4v) is 10.5. The molecule has 4 heterocycles. The van der Waals surface area contributed by atoms with Gasteiger partial charge in [-0.2, -0.15) is 0 Å². The Morgan fingerprint density at radius 2 is 0.446 bits per heavy atom. The van der Waals surface area contributed by atoms with E-state index in [4.69, 9.17) is 19.9 Å². The summed E-state index contributed by atoms with van der Waals surface area (Å²) in [6, 6.07) is 93.8. The highest BCUT2D eigenvalue weighted by atomic mass is 15.0. The van der Waals surface area contributed by atoms with Crippen LogP contribution in [-0.4, -0.2) is 29.1 Å². The van der Waals surface area contributed by atoms with E-state index in [0.717, 1.165) is 78.7 Å². The van der Waals surface area contributed by atoms with Crippen LogP contribution < -0.4 is 0 Å². The van der Waals surface area contributed by atoms with Crippen LogP contribution >= 0.6 is 0 Å². The Labute approximate surface area is 427 Å². The van der Waals surface area contributed by atoms with Gasteiger partial charge in [0.2, 0.25) is 0 Å². The second-order valence-electron chi connectivity index (χ2n) is 18.6. The van der Waals surface area contributed by atoms with Gasteiger partial charge in [-0.25, -0.2) is 19.9 Å². The van der Waals surface area contributed by atoms with E-state index in [1.807, 2.05) is 36.4 Å². The zero-order valence-electron chi connectivity index (χ0n) is 40.1. The van der Waals surface area contributed by atoms with Crippen molar-refractivity contribution in [3.63, 3.8) is 0 Å². The molecule has 6 nitrogen and oxygen atoms in total. The second kappa shape index (κ2) is 18.0. The van der Waals surface area contributed by atoms with Gasteiger partial charge in [-0.1, -0.05) is 206 Å². The lowest BCUT2D eigenvalue weighted by molar-refractivity contribution is 1.17. The summed E-state index contributed by atoms with van der Waals surface area (Å²) >= 11 is 0. The van der Waals surface area contributed by atoms with Crippen LogP contribution in [0.1, 0.15) is 0 Å². The minimum atomic E-state index is 0.684. The minimum Gasteiger partial charge on any atom is -0.309 e. The van der Waals surface area contributed by atoms with Crippen molar-refractivity contribution in [2.24, 2.45) is 0 Å². The van der Waals surface area contributed by atoms with Crippen LogP contribution in [0.4, 0.5) is 0 Å². The number of rotatable bonds is 9. The highest BCUT2D eigenvalue weighted by Gasteiger charge is 2.17. The average molecular weight is 945 g/mol. The first-order valence-corrected chi connectivity index (χ1v) is 25.0. The standard InChI is InChI=1S/C68H44N6/c1-3-15-51(16-4-1)67-69-59(43-61(71-67)49-35-39-53(40-36-49)73-63-23-11-7-19-55(63)56-20-8-12-24-64(56)73)47-31-27-45(28-32-47)46-29-33-48(34-30-46)60-44-62(72-68(70-60)52-17-5-2-6-18-52)50-37-41-54(42-38-50)74-65-25-13-9-21-57(65)58-22-10-14-26-66(58)74/h1-44H. The van der Waals surface area contributed by atoms with Gasteiger partial charge >= 0.3 is 0 Å². The topological polar surface area (TPSA) is 61.4 Å². The third-order valence-electron chi connectivity index (χ3n) is 14.2. The van der Waals surface area contributed by atoms with E-state index in [0.29, 0.717) is 11.6 Å². The number of fused-ring (bicyclic) bond motifs is 6. The maximum Gasteiger partial charge on any atom is 0.160 e. The van der Waals surface area contributed by atoms with Crippen molar-refractivity contribution in [1.29, 1.82) is 0 Å². The highest BCUT2D eigenvalue weighted by molar-refractivity contribution is 6.10. The summed E-state index contributed by atoms with van der Waals surface area (Å²) in [5.41, 5.74) is 18.6. The Kier molecular flexibility index (Phi) is 10.4. The largest absolute Gasteiger partial charge is 0.309 e. The van der Waals surface area contributed by atoms with Crippen molar-refractivity contribution in [3.05, 3.63) is 267 Å². The van der Waals surface area contributed by atoms with Crippen molar-refractivity contribution in [2.75, 3.05) is 0 Å². The summed E-state index contributed by atoms with van der Waals surface area (Å²) in [5.74, 6) is 1.37. The molecular formula is C68H44N6. The van der Waals surface area contributed by atoms with Gasteiger partial charge in [0.15, 0.2) is 11.6 Å². The molecule has 0 saturated heterocycles. The van der Waals surface area contributed by atoms with E-state index in [1.165, 1.54) is 43.6 Å². The lowest BCUT2D eigenvalue weighted by atomic mass is 9.99. The molecule has 0 unspecified atom stereocenters. The summed E-state index contributed by atoms with van der Waals surface area (Å²) in [7, 11) is 0. The van der Waals surface area contributed by atoms with E-state index in [1.54, 1.807) is 0 Å². The Balaban J connectivity index is 0.769. The molecule has 0 saturated carbocycles. The van der Waals surface area contributed by atoms with Crippen LogP contribution in [0.15, 0.2) is 267 Å². The molecule has 0 aliphatic carbocycles. The van der Waals surface area contributed by atoms with Crippen molar-refractivity contribution >= 4 is 43.6 Å². The van der Waals surface area contributed by atoms with E-state index in [9.17, 15) is 0 Å².